The molecule has 0 aliphatic carbocycles. The van der Waals surface area contributed by atoms with Crippen LogP contribution in [0.25, 0.3) is 0 Å². The van der Waals surface area contributed by atoms with Crippen molar-refractivity contribution in [3.05, 3.63) is 32.6 Å². The van der Waals surface area contributed by atoms with Crippen LogP contribution in [0.1, 0.15) is 46.5 Å². The number of nitrogens with zero attached hydrogens (tertiary/aromatic N) is 1. The highest BCUT2D eigenvalue weighted by Gasteiger charge is 2.56. The molecule has 0 amide bonds. The van der Waals surface area contributed by atoms with Crippen LogP contribution in [-0.2, 0) is 25.2 Å². The van der Waals surface area contributed by atoms with Crippen molar-refractivity contribution in [3.8, 4) is 0 Å². The molecule has 2 saturated heterocycles. The molecule has 10 heteroatoms. The van der Waals surface area contributed by atoms with E-state index >= 15 is 0 Å². The molecule has 164 valence electrons. The monoisotopic (exact) mass is 428 g/mol. The van der Waals surface area contributed by atoms with Crippen LogP contribution >= 0.6 is 0 Å². The Hall–Kier alpha value is -1.30. The van der Waals surface area contributed by atoms with E-state index in [1.165, 1.54) is 10.6 Å². The standard InChI is InChI=1S/C19H32N2O7Si/c1-18(2,3)29(6,7)25-10-12-14-15(28-19(4,5)27-14)16(26-12)21-11(9-22)8-13(23)20-17(21)24/h8,12,14-16,22H,9-10H2,1-7H3,(H,20,23,24)/t12-,14-,15-,16-/m1/s1. The third-order valence-electron chi connectivity index (χ3n) is 6.01. The van der Waals surface area contributed by atoms with E-state index < -0.39 is 56.5 Å². The molecule has 0 radical (unpaired) electrons. The number of hydrogen-bond donors (Lipinski definition) is 2. The average molecular weight is 429 g/mol. The zero-order valence-corrected chi connectivity index (χ0v) is 19.1. The predicted molar refractivity (Wildman–Crippen MR) is 108 cm³/mol. The Bertz CT molecular complexity index is 871. The van der Waals surface area contributed by atoms with Crippen LogP contribution in [0, 0.1) is 0 Å². The van der Waals surface area contributed by atoms with Crippen LogP contribution in [0.15, 0.2) is 15.7 Å². The molecule has 9 nitrogen and oxygen atoms in total. The zero-order chi connectivity index (χ0) is 21.8. The van der Waals surface area contributed by atoms with E-state index in [0.717, 1.165) is 0 Å². The molecule has 2 aliphatic rings. The van der Waals surface area contributed by atoms with Gasteiger partial charge < -0.3 is 23.7 Å². The van der Waals surface area contributed by atoms with E-state index in [0.29, 0.717) is 6.61 Å². The highest BCUT2D eigenvalue weighted by atomic mass is 28.4. The van der Waals surface area contributed by atoms with E-state index in [-0.39, 0.29) is 10.7 Å². The summed E-state index contributed by atoms with van der Waals surface area (Å²) in [6, 6.07) is 1.18. The first kappa shape index (κ1) is 22.4. The van der Waals surface area contributed by atoms with Crippen LogP contribution < -0.4 is 11.2 Å². The minimum absolute atomic E-state index is 0.0383. The molecule has 3 rings (SSSR count). The summed E-state index contributed by atoms with van der Waals surface area (Å²) in [5, 5.41) is 9.72. The molecule has 2 N–H and O–H groups in total. The number of nitrogens with one attached hydrogen (secondary N) is 1. The van der Waals surface area contributed by atoms with E-state index in [1.807, 2.05) is 0 Å². The lowest BCUT2D eigenvalue weighted by Crippen LogP contribution is -2.44. The maximum atomic E-state index is 12.5. The Labute approximate surface area is 171 Å². The maximum Gasteiger partial charge on any atom is 0.330 e. The van der Waals surface area contributed by atoms with Gasteiger partial charge in [0, 0.05) is 6.07 Å². The quantitative estimate of drug-likeness (QED) is 0.683. The lowest BCUT2D eigenvalue weighted by Gasteiger charge is -2.37. The molecular weight excluding hydrogens is 396 g/mol. The van der Waals surface area contributed by atoms with Crippen molar-refractivity contribution >= 4 is 8.32 Å². The average Bonchev–Trinajstić information content (AvgIpc) is 3.04. The van der Waals surface area contributed by atoms with Gasteiger partial charge in [0.2, 0.25) is 0 Å². The van der Waals surface area contributed by atoms with E-state index in [4.69, 9.17) is 18.6 Å². The molecule has 0 unspecified atom stereocenters. The fourth-order valence-corrected chi connectivity index (χ4v) is 4.48. The summed E-state index contributed by atoms with van der Waals surface area (Å²) in [6.07, 6.45) is -2.32. The minimum atomic E-state index is -2.02. The van der Waals surface area contributed by atoms with Crippen molar-refractivity contribution in [1.29, 1.82) is 0 Å². The lowest BCUT2D eigenvalue weighted by molar-refractivity contribution is -0.200. The van der Waals surface area contributed by atoms with Crippen molar-refractivity contribution in [2.45, 2.75) is 89.7 Å². The van der Waals surface area contributed by atoms with E-state index in [1.54, 1.807) is 13.8 Å². The summed E-state index contributed by atoms with van der Waals surface area (Å²) < 4.78 is 25.8. The van der Waals surface area contributed by atoms with Crippen molar-refractivity contribution < 1.29 is 23.7 Å². The van der Waals surface area contributed by atoms with Gasteiger partial charge in [0.05, 0.1) is 18.9 Å². The first-order valence-corrected chi connectivity index (χ1v) is 12.8. The molecule has 0 bridgehead atoms. The largest absolute Gasteiger partial charge is 0.414 e. The third-order valence-corrected chi connectivity index (χ3v) is 10.5. The molecule has 2 aliphatic heterocycles. The Morgan fingerprint density at radius 3 is 2.45 bits per heavy atom. The van der Waals surface area contributed by atoms with Gasteiger partial charge >= 0.3 is 5.69 Å². The van der Waals surface area contributed by atoms with Gasteiger partial charge in [0.25, 0.3) is 5.56 Å². The second-order valence-electron chi connectivity index (χ2n) is 9.66. The zero-order valence-electron chi connectivity index (χ0n) is 18.1. The topological polar surface area (TPSA) is 112 Å². The maximum absolute atomic E-state index is 12.5. The molecule has 1 aromatic rings. The summed E-state index contributed by atoms with van der Waals surface area (Å²) in [6.45, 7) is 14.2. The van der Waals surface area contributed by atoms with E-state index in [2.05, 4.69) is 38.8 Å². The number of fused-ring (bicyclic) bond motifs is 1. The van der Waals surface area contributed by atoms with Crippen LogP contribution in [0.2, 0.25) is 18.1 Å². The number of H-pyrrole nitrogens is 1. The Morgan fingerprint density at radius 2 is 1.86 bits per heavy atom. The Balaban J connectivity index is 1.92. The van der Waals surface area contributed by atoms with Gasteiger partial charge in [-0.1, -0.05) is 20.8 Å². The summed E-state index contributed by atoms with van der Waals surface area (Å²) >= 11 is 0. The number of aromatic nitrogens is 2. The van der Waals surface area contributed by atoms with Gasteiger partial charge in [-0.25, -0.2) is 4.79 Å². The molecule has 0 aromatic carbocycles. The van der Waals surface area contributed by atoms with Crippen LogP contribution in [-0.4, -0.2) is 53.7 Å². The summed E-state index contributed by atoms with van der Waals surface area (Å²) in [5.74, 6) is -0.849. The van der Waals surface area contributed by atoms with Crippen LogP contribution in [0.4, 0.5) is 0 Å². The molecule has 0 spiro atoms. The highest BCUT2D eigenvalue weighted by Crippen LogP contribution is 2.44. The van der Waals surface area contributed by atoms with Crippen molar-refractivity contribution in [1.82, 2.24) is 9.55 Å². The minimum Gasteiger partial charge on any atom is -0.414 e. The number of hydrogen-bond acceptors (Lipinski definition) is 7. The van der Waals surface area contributed by atoms with Crippen molar-refractivity contribution in [3.63, 3.8) is 0 Å². The fourth-order valence-electron chi connectivity index (χ4n) is 3.46. The molecule has 1 aromatic heterocycles. The van der Waals surface area contributed by atoms with Crippen LogP contribution in [0.3, 0.4) is 0 Å². The fraction of sp³-hybridized carbons (Fsp3) is 0.789. The number of aliphatic hydroxyl groups is 1. The van der Waals surface area contributed by atoms with Gasteiger partial charge in [0.1, 0.15) is 18.3 Å². The number of aromatic amines is 1. The summed E-state index contributed by atoms with van der Waals surface area (Å²) in [7, 11) is -2.02. The summed E-state index contributed by atoms with van der Waals surface area (Å²) in [4.78, 5) is 26.4. The number of rotatable bonds is 5. The smallest absolute Gasteiger partial charge is 0.330 e. The summed E-state index contributed by atoms with van der Waals surface area (Å²) in [5.41, 5.74) is -1.09. The molecule has 4 atom stereocenters. The van der Waals surface area contributed by atoms with Crippen molar-refractivity contribution in [2.75, 3.05) is 6.61 Å². The highest BCUT2D eigenvalue weighted by molar-refractivity contribution is 6.74. The first-order chi connectivity index (χ1) is 13.3. The Morgan fingerprint density at radius 1 is 1.24 bits per heavy atom. The molecule has 0 saturated carbocycles. The van der Waals surface area contributed by atoms with E-state index in [9.17, 15) is 14.7 Å². The van der Waals surface area contributed by atoms with Gasteiger partial charge in [-0.3, -0.25) is 14.3 Å². The molecular formula is C19H32N2O7Si. The molecule has 3 heterocycles. The second-order valence-corrected chi connectivity index (χ2v) is 14.5. The second kappa shape index (κ2) is 7.43. The third kappa shape index (κ3) is 4.28. The van der Waals surface area contributed by atoms with Gasteiger partial charge in [-0.05, 0) is 32.0 Å². The number of aliphatic hydroxyl groups excluding tert-OH is 1. The first-order valence-electron chi connectivity index (χ1n) is 9.86. The van der Waals surface area contributed by atoms with Gasteiger partial charge in [-0.2, -0.15) is 0 Å². The normalized spacial score (nSPS) is 29.2. The Kier molecular flexibility index (Phi) is 5.74. The predicted octanol–water partition coefficient (Wildman–Crippen LogP) is 1.47. The van der Waals surface area contributed by atoms with Crippen molar-refractivity contribution in [2.24, 2.45) is 0 Å². The van der Waals surface area contributed by atoms with Crippen LogP contribution in [0.5, 0.6) is 0 Å². The molecule has 2 fully saturated rings. The van der Waals surface area contributed by atoms with Gasteiger partial charge in [0.15, 0.2) is 20.3 Å². The SMILES string of the molecule is CC1(C)O[C@@H]2[C@H](O1)[C@@H](CO[Si](C)(C)C(C)(C)C)O[C@H]2n1c(CO)cc(=O)[nH]c1=O. The lowest BCUT2D eigenvalue weighted by atomic mass is 10.1. The molecule has 29 heavy (non-hydrogen) atoms. The number of ether oxygens (including phenoxy) is 3. The van der Waals surface area contributed by atoms with Gasteiger partial charge in [-0.15, -0.1) is 0 Å².